The lowest BCUT2D eigenvalue weighted by Gasteiger charge is -2.49. The summed E-state index contributed by atoms with van der Waals surface area (Å²) in [5.74, 6) is -0.114. The number of ether oxygens (including phenoxy) is 1. The van der Waals surface area contributed by atoms with Gasteiger partial charge in [0.2, 0.25) is 0 Å². The molecule has 1 aliphatic rings. The van der Waals surface area contributed by atoms with Crippen molar-refractivity contribution in [3.05, 3.63) is 51.8 Å². The van der Waals surface area contributed by atoms with Crippen molar-refractivity contribution in [3.63, 3.8) is 0 Å². The molecule has 167 valence electrons. The molecule has 2 heterocycles. The number of fused-ring (bicyclic) bond motifs is 1. The first-order chi connectivity index (χ1) is 14.4. The van der Waals surface area contributed by atoms with Crippen molar-refractivity contribution in [2.45, 2.75) is 57.7 Å². The summed E-state index contributed by atoms with van der Waals surface area (Å²) in [4.78, 5) is 16.0. The van der Waals surface area contributed by atoms with Crippen LogP contribution in [0.3, 0.4) is 0 Å². The molecule has 1 fully saturated rings. The Balaban J connectivity index is 1.70. The molecule has 0 saturated carbocycles. The van der Waals surface area contributed by atoms with Crippen LogP contribution in [0.4, 0.5) is 0 Å². The summed E-state index contributed by atoms with van der Waals surface area (Å²) in [5, 5.41) is 18.6. The van der Waals surface area contributed by atoms with Gasteiger partial charge in [0.25, 0.3) is 5.91 Å². The van der Waals surface area contributed by atoms with Gasteiger partial charge in [0.1, 0.15) is 0 Å². The van der Waals surface area contributed by atoms with E-state index in [1.807, 2.05) is 39.8 Å². The number of aromatic amines is 1. The fourth-order valence-electron chi connectivity index (χ4n) is 4.34. The molecule has 2 N–H and O–H groups in total. The maximum Gasteiger partial charge on any atom is 0.286 e. The number of H-pyrrole nitrogens is 1. The highest BCUT2D eigenvalue weighted by molar-refractivity contribution is 6.42. The lowest BCUT2D eigenvalue weighted by atomic mass is 9.79. The van der Waals surface area contributed by atoms with Gasteiger partial charge in [-0.3, -0.25) is 4.79 Å². The fourth-order valence-corrected chi connectivity index (χ4v) is 4.67. The summed E-state index contributed by atoms with van der Waals surface area (Å²) >= 11 is 12.1. The van der Waals surface area contributed by atoms with Crippen LogP contribution < -0.4 is 5.32 Å². The molecule has 0 atom stereocenters. The average molecular weight is 465 g/mol. The second-order valence-corrected chi connectivity index (χ2v) is 9.98. The minimum atomic E-state index is -0.558. The molecule has 1 radical (unpaired) electrons. The minimum absolute atomic E-state index is 0.117. The van der Waals surface area contributed by atoms with Crippen LogP contribution in [0.2, 0.25) is 10.0 Å². The highest BCUT2D eigenvalue weighted by Gasteiger charge is 2.46. The van der Waals surface area contributed by atoms with Crippen LogP contribution in [-0.4, -0.2) is 40.2 Å². The summed E-state index contributed by atoms with van der Waals surface area (Å²) in [7, 11) is 1.46. The minimum Gasteiger partial charge on any atom is -0.491 e. The molecule has 1 aliphatic heterocycles. The van der Waals surface area contributed by atoms with Gasteiger partial charge in [0.05, 0.1) is 17.2 Å². The monoisotopic (exact) mass is 464 g/mol. The van der Waals surface area contributed by atoms with Crippen molar-refractivity contribution >= 4 is 46.1 Å². The molecule has 1 aromatic carbocycles. The second-order valence-electron chi connectivity index (χ2n) is 9.17. The van der Waals surface area contributed by atoms with Gasteiger partial charge in [0.15, 0.2) is 5.76 Å². The van der Waals surface area contributed by atoms with Crippen LogP contribution in [0.15, 0.2) is 36.1 Å². The lowest BCUT2D eigenvalue weighted by molar-refractivity contribution is -0.290. The van der Waals surface area contributed by atoms with E-state index in [0.717, 1.165) is 21.7 Å². The van der Waals surface area contributed by atoms with Crippen molar-refractivity contribution in [2.75, 3.05) is 7.11 Å². The Kier molecular flexibility index (Phi) is 6.77. The quantitative estimate of drug-likeness (QED) is 0.348. The van der Waals surface area contributed by atoms with Crippen LogP contribution in [0.25, 0.3) is 17.0 Å². The second kappa shape index (κ2) is 8.87. The van der Waals surface area contributed by atoms with Gasteiger partial charge in [-0.25, -0.2) is 0 Å². The molecule has 0 aliphatic carbocycles. The molecule has 1 saturated heterocycles. The number of halogens is 2. The number of carbonyl (C=O) groups excluding carboxylic acids is 1. The first-order valence-electron chi connectivity index (χ1n) is 10.1. The van der Waals surface area contributed by atoms with E-state index in [2.05, 4.69) is 10.3 Å². The number of nitrogens with one attached hydrogen (secondary N) is 2. The Morgan fingerprint density at radius 2 is 1.77 bits per heavy atom. The largest absolute Gasteiger partial charge is 0.491 e. The third-order valence-corrected chi connectivity index (χ3v) is 6.30. The van der Waals surface area contributed by atoms with Crippen molar-refractivity contribution < 1.29 is 14.7 Å². The smallest absolute Gasteiger partial charge is 0.286 e. The van der Waals surface area contributed by atoms with E-state index < -0.39 is 11.1 Å². The predicted molar refractivity (Wildman–Crippen MR) is 124 cm³/mol. The number of carbonyl (C=O) groups is 1. The van der Waals surface area contributed by atoms with Gasteiger partial charge in [-0.2, -0.15) is 0 Å². The molecular formula is C23H28Cl2N3O3. The molecule has 0 unspecified atom stereocenters. The van der Waals surface area contributed by atoms with Crippen molar-refractivity contribution in [1.82, 2.24) is 15.4 Å². The van der Waals surface area contributed by atoms with Crippen LogP contribution in [0.5, 0.6) is 0 Å². The Bertz CT molecular complexity index is 983. The van der Waals surface area contributed by atoms with E-state index >= 15 is 0 Å². The van der Waals surface area contributed by atoms with Gasteiger partial charge in [-0.1, -0.05) is 29.3 Å². The number of amides is 1. The Hall–Kier alpha value is -1.99. The first-order valence-corrected chi connectivity index (χ1v) is 10.9. The summed E-state index contributed by atoms with van der Waals surface area (Å²) in [6.07, 6.45) is 6.31. The van der Waals surface area contributed by atoms with E-state index in [4.69, 9.17) is 27.9 Å². The number of nitrogens with zero attached hydrogens (tertiary/aromatic N) is 1. The summed E-state index contributed by atoms with van der Waals surface area (Å²) in [5.41, 5.74) is 0.597. The van der Waals surface area contributed by atoms with E-state index in [0.29, 0.717) is 22.9 Å². The maximum atomic E-state index is 12.7. The highest BCUT2D eigenvalue weighted by atomic mass is 35.5. The van der Waals surface area contributed by atoms with Crippen LogP contribution in [0, 0.1) is 0 Å². The van der Waals surface area contributed by atoms with E-state index in [1.165, 1.54) is 7.11 Å². The summed E-state index contributed by atoms with van der Waals surface area (Å²) in [6.45, 7) is 7.60. The molecule has 6 nitrogen and oxygen atoms in total. The molecule has 3 rings (SSSR count). The zero-order chi connectivity index (χ0) is 23.0. The number of rotatable bonds is 5. The van der Waals surface area contributed by atoms with Crippen molar-refractivity contribution in [2.24, 2.45) is 0 Å². The zero-order valence-electron chi connectivity index (χ0n) is 18.4. The van der Waals surface area contributed by atoms with Crippen LogP contribution in [-0.2, 0) is 14.7 Å². The van der Waals surface area contributed by atoms with Gasteiger partial charge in [0, 0.05) is 33.7 Å². The Labute approximate surface area is 192 Å². The molecule has 8 heteroatoms. The topological polar surface area (TPSA) is 77.3 Å². The molecule has 2 aromatic rings. The molecule has 1 amide bonds. The third kappa shape index (κ3) is 5.26. The van der Waals surface area contributed by atoms with Crippen molar-refractivity contribution in [3.8, 4) is 0 Å². The molecule has 1 aromatic heterocycles. The number of hydroxylamine groups is 2. The molecule has 31 heavy (non-hydrogen) atoms. The third-order valence-electron chi connectivity index (χ3n) is 5.58. The number of allylic oxidation sites excluding steroid dienone is 2. The van der Waals surface area contributed by atoms with E-state index in [1.54, 1.807) is 24.3 Å². The average Bonchev–Trinajstić information content (AvgIpc) is 3.04. The number of piperidine rings is 1. The van der Waals surface area contributed by atoms with Crippen LogP contribution >= 0.6 is 23.2 Å². The SMILES string of the molecule is CO/C(=C\C=C\c1cc2cc(Cl)c(Cl)cc2[nH]1)C(=O)NC1CC(C)(C)N([O])C(C)(C)C1. The molecular weight excluding hydrogens is 437 g/mol. The van der Waals surface area contributed by atoms with Gasteiger partial charge in [-0.05, 0) is 70.9 Å². The number of hydrogen-bond acceptors (Lipinski definition) is 3. The Morgan fingerprint density at radius 1 is 1.16 bits per heavy atom. The Morgan fingerprint density at radius 3 is 2.39 bits per heavy atom. The van der Waals surface area contributed by atoms with Crippen LogP contribution in [0.1, 0.15) is 46.2 Å². The lowest BCUT2D eigenvalue weighted by Crippen LogP contribution is -2.62. The standard InChI is InChI=1S/C23H28Cl2N3O3/c1-22(2)12-16(13-23(3,4)28(22)30)27-21(29)20(31-5)8-6-7-15-9-14-10-17(24)18(25)11-19(14)26-15/h6-11,16,26H,12-13H2,1-5H3,(H,27,29)/b7-6+,20-8-. The molecule has 0 spiro atoms. The summed E-state index contributed by atoms with van der Waals surface area (Å²) in [6, 6.07) is 5.40. The van der Waals surface area contributed by atoms with Gasteiger partial charge >= 0.3 is 0 Å². The molecule has 0 bridgehead atoms. The number of aromatic nitrogens is 1. The maximum absolute atomic E-state index is 12.7. The van der Waals surface area contributed by atoms with E-state index in [9.17, 15) is 10.0 Å². The first kappa shape index (κ1) is 23.7. The highest BCUT2D eigenvalue weighted by Crippen LogP contribution is 2.37. The van der Waals surface area contributed by atoms with Crippen molar-refractivity contribution in [1.29, 1.82) is 0 Å². The fraction of sp³-hybridized carbons (Fsp3) is 0.435. The zero-order valence-corrected chi connectivity index (χ0v) is 19.9. The van der Waals surface area contributed by atoms with Gasteiger partial charge < -0.3 is 15.0 Å². The number of benzene rings is 1. The van der Waals surface area contributed by atoms with Gasteiger partial charge in [-0.15, -0.1) is 10.3 Å². The van der Waals surface area contributed by atoms with E-state index in [-0.39, 0.29) is 17.7 Å². The number of hydrogen-bond donors (Lipinski definition) is 2. The summed E-state index contributed by atoms with van der Waals surface area (Å²) < 4.78 is 5.29. The predicted octanol–water partition coefficient (Wildman–Crippen LogP) is 5.50. The number of methoxy groups -OCH3 is 1. The normalized spacial score (nSPS) is 19.8.